The molecule has 3 aromatic rings. The first-order chi connectivity index (χ1) is 16.9. The highest BCUT2D eigenvalue weighted by atomic mass is 35.5. The molecule has 0 aromatic heterocycles. The van der Waals surface area contributed by atoms with E-state index in [0.717, 1.165) is 23.1 Å². The maximum Gasteiger partial charge on any atom is 0.243 e. The van der Waals surface area contributed by atoms with E-state index >= 15 is 0 Å². The van der Waals surface area contributed by atoms with E-state index < -0.39 is 6.04 Å². The number of benzene rings is 3. The molecular weight excluding hydrogens is 479 g/mol. The zero-order valence-corrected chi connectivity index (χ0v) is 21.7. The van der Waals surface area contributed by atoms with Crippen LogP contribution in [-0.2, 0) is 29.0 Å². The van der Waals surface area contributed by atoms with Gasteiger partial charge in [-0.1, -0.05) is 96.9 Å². The van der Waals surface area contributed by atoms with Gasteiger partial charge in [0.05, 0.1) is 0 Å². The smallest absolute Gasteiger partial charge is 0.243 e. The first-order valence-corrected chi connectivity index (χ1v) is 12.7. The van der Waals surface area contributed by atoms with Gasteiger partial charge in [0, 0.05) is 35.5 Å². The Bertz CT molecular complexity index is 1120. The van der Waals surface area contributed by atoms with Crippen molar-refractivity contribution in [2.45, 2.75) is 58.2 Å². The van der Waals surface area contributed by atoms with Crippen LogP contribution in [-0.4, -0.2) is 28.8 Å². The fourth-order valence-electron chi connectivity index (χ4n) is 3.89. The summed E-state index contributed by atoms with van der Waals surface area (Å²) in [5.41, 5.74) is 2.69. The standard InChI is InChI=1S/C29H32Cl2N2O2/c1-3-21(2)32-29(35)27(19-22-11-5-4-6-12-22)33(20-24-14-8-10-16-26(24)31)28(34)18-17-23-13-7-9-15-25(23)30/h4-16,21,27H,3,17-20H2,1-2H3,(H,32,35)/t21-,27-/m1/s1. The molecular formula is C29H32Cl2N2O2. The molecule has 0 aliphatic rings. The van der Waals surface area contributed by atoms with E-state index in [2.05, 4.69) is 5.32 Å². The Morgan fingerprint density at radius 2 is 1.43 bits per heavy atom. The second-order valence-corrected chi connectivity index (χ2v) is 9.54. The van der Waals surface area contributed by atoms with Crippen molar-refractivity contribution in [3.05, 3.63) is 106 Å². The minimum absolute atomic E-state index is 0.00108. The minimum atomic E-state index is -0.679. The monoisotopic (exact) mass is 510 g/mol. The van der Waals surface area contributed by atoms with E-state index in [9.17, 15) is 9.59 Å². The van der Waals surface area contributed by atoms with Gasteiger partial charge < -0.3 is 10.2 Å². The molecule has 0 heterocycles. The zero-order chi connectivity index (χ0) is 25.2. The van der Waals surface area contributed by atoms with Crippen LogP contribution < -0.4 is 5.32 Å². The Hall–Kier alpha value is -2.82. The van der Waals surface area contributed by atoms with E-state index in [0.29, 0.717) is 22.9 Å². The van der Waals surface area contributed by atoms with Crippen LogP contribution in [0, 0.1) is 0 Å². The summed E-state index contributed by atoms with van der Waals surface area (Å²) in [6.45, 7) is 4.23. The number of halogens is 2. The number of hydrogen-bond donors (Lipinski definition) is 1. The van der Waals surface area contributed by atoms with E-state index in [1.165, 1.54) is 0 Å². The van der Waals surface area contributed by atoms with Gasteiger partial charge in [0.2, 0.25) is 11.8 Å². The molecule has 3 rings (SSSR count). The van der Waals surface area contributed by atoms with Crippen LogP contribution in [0.15, 0.2) is 78.9 Å². The Kier molecular flexibility index (Phi) is 10.2. The summed E-state index contributed by atoms with van der Waals surface area (Å²) in [6, 6.07) is 24.0. The third kappa shape index (κ3) is 7.84. The average Bonchev–Trinajstić information content (AvgIpc) is 2.87. The summed E-state index contributed by atoms with van der Waals surface area (Å²) in [7, 11) is 0. The number of nitrogens with zero attached hydrogens (tertiary/aromatic N) is 1. The lowest BCUT2D eigenvalue weighted by atomic mass is 10.0. The second-order valence-electron chi connectivity index (χ2n) is 8.73. The van der Waals surface area contributed by atoms with Gasteiger partial charge in [0.1, 0.15) is 6.04 Å². The van der Waals surface area contributed by atoms with Crippen LogP contribution in [0.5, 0.6) is 0 Å². The topological polar surface area (TPSA) is 49.4 Å². The van der Waals surface area contributed by atoms with Gasteiger partial charge in [-0.3, -0.25) is 9.59 Å². The number of aryl methyl sites for hydroxylation is 1. The van der Waals surface area contributed by atoms with Crippen molar-refractivity contribution >= 4 is 35.0 Å². The molecule has 2 amide bonds. The molecule has 0 fully saturated rings. The molecule has 0 saturated carbocycles. The first-order valence-electron chi connectivity index (χ1n) is 12.0. The van der Waals surface area contributed by atoms with Gasteiger partial charge in [-0.15, -0.1) is 0 Å². The molecule has 0 bridgehead atoms. The van der Waals surface area contributed by atoms with Crippen molar-refractivity contribution in [1.29, 1.82) is 0 Å². The highest BCUT2D eigenvalue weighted by molar-refractivity contribution is 6.31. The molecule has 35 heavy (non-hydrogen) atoms. The highest BCUT2D eigenvalue weighted by Gasteiger charge is 2.31. The van der Waals surface area contributed by atoms with Crippen molar-refractivity contribution < 1.29 is 9.59 Å². The van der Waals surface area contributed by atoms with Gasteiger partial charge in [-0.05, 0) is 48.6 Å². The highest BCUT2D eigenvalue weighted by Crippen LogP contribution is 2.23. The summed E-state index contributed by atoms with van der Waals surface area (Å²) in [6.07, 6.45) is 1.93. The summed E-state index contributed by atoms with van der Waals surface area (Å²) in [5.74, 6) is -0.286. The maximum absolute atomic E-state index is 13.7. The van der Waals surface area contributed by atoms with Crippen molar-refractivity contribution in [2.24, 2.45) is 0 Å². The Morgan fingerprint density at radius 1 is 0.857 bits per heavy atom. The third-order valence-corrected chi connectivity index (χ3v) is 6.87. The van der Waals surface area contributed by atoms with Crippen molar-refractivity contribution in [3.8, 4) is 0 Å². The van der Waals surface area contributed by atoms with Crippen molar-refractivity contribution in [1.82, 2.24) is 10.2 Å². The quantitative estimate of drug-likeness (QED) is 0.320. The van der Waals surface area contributed by atoms with Crippen LogP contribution in [0.25, 0.3) is 0 Å². The van der Waals surface area contributed by atoms with E-state index in [1.54, 1.807) is 11.0 Å². The Morgan fingerprint density at radius 3 is 2.03 bits per heavy atom. The predicted molar refractivity (Wildman–Crippen MR) is 144 cm³/mol. The first kappa shape index (κ1) is 26.8. The molecule has 0 spiro atoms. The molecule has 0 saturated heterocycles. The van der Waals surface area contributed by atoms with Gasteiger partial charge >= 0.3 is 0 Å². The fraction of sp³-hybridized carbons (Fsp3) is 0.310. The van der Waals surface area contributed by atoms with E-state index in [1.807, 2.05) is 86.6 Å². The third-order valence-electron chi connectivity index (χ3n) is 6.14. The van der Waals surface area contributed by atoms with Crippen LogP contribution >= 0.6 is 23.2 Å². The Labute approximate surface area is 218 Å². The molecule has 184 valence electrons. The maximum atomic E-state index is 13.7. The molecule has 4 nitrogen and oxygen atoms in total. The van der Waals surface area contributed by atoms with Gasteiger partial charge in [0.15, 0.2) is 0 Å². The average molecular weight is 511 g/mol. The summed E-state index contributed by atoms with van der Waals surface area (Å²) in [4.78, 5) is 28.9. The molecule has 3 aromatic carbocycles. The number of rotatable bonds is 11. The molecule has 0 aliphatic heterocycles. The lowest BCUT2D eigenvalue weighted by Gasteiger charge is -2.32. The lowest BCUT2D eigenvalue weighted by Crippen LogP contribution is -2.52. The van der Waals surface area contributed by atoms with E-state index in [4.69, 9.17) is 23.2 Å². The molecule has 0 aliphatic carbocycles. The van der Waals surface area contributed by atoms with E-state index in [-0.39, 0.29) is 30.8 Å². The zero-order valence-electron chi connectivity index (χ0n) is 20.2. The summed E-state index contributed by atoms with van der Waals surface area (Å²) in [5, 5.41) is 4.28. The predicted octanol–water partition coefficient (Wildman–Crippen LogP) is 6.48. The number of nitrogens with one attached hydrogen (secondary N) is 1. The number of carbonyl (C=O) groups is 2. The largest absolute Gasteiger partial charge is 0.352 e. The SMILES string of the molecule is CC[C@@H](C)NC(=O)[C@@H](Cc1ccccc1)N(Cc1ccccc1Cl)C(=O)CCc1ccccc1Cl. The van der Waals surface area contributed by atoms with Crippen LogP contribution in [0.2, 0.25) is 10.0 Å². The molecule has 0 unspecified atom stereocenters. The van der Waals surface area contributed by atoms with Crippen LogP contribution in [0.3, 0.4) is 0 Å². The molecule has 2 atom stereocenters. The Balaban J connectivity index is 1.93. The van der Waals surface area contributed by atoms with Crippen molar-refractivity contribution in [2.75, 3.05) is 0 Å². The fourth-order valence-corrected chi connectivity index (χ4v) is 4.32. The van der Waals surface area contributed by atoms with Gasteiger partial charge in [-0.2, -0.15) is 0 Å². The normalized spacial score (nSPS) is 12.6. The summed E-state index contributed by atoms with van der Waals surface area (Å²) >= 11 is 12.8. The van der Waals surface area contributed by atoms with Gasteiger partial charge in [0.25, 0.3) is 0 Å². The molecule has 6 heteroatoms. The minimum Gasteiger partial charge on any atom is -0.352 e. The number of amides is 2. The van der Waals surface area contributed by atoms with Crippen LogP contribution in [0.4, 0.5) is 0 Å². The van der Waals surface area contributed by atoms with Crippen LogP contribution in [0.1, 0.15) is 43.4 Å². The van der Waals surface area contributed by atoms with Gasteiger partial charge in [-0.25, -0.2) is 0 Å². The summed E-state index contributed by atoms with van der Waals surface area (Å²) < 4.78 is 0. The number of carbonyl (C=O) groups excluding carboxylic acids is 2. The second kappa shape index (κ2) is 13.3. The molecule has 1 N–H and O–H groups in total. The molecule has 0 radical (unpaired) electrons. The lowest BCUT2D eigenvalue weighted by molar-refractivity contribution is -0.141. The van der Waals surface area contributed by atoms with Crippen molar-refractivity contribution in [3.63, 3.8) is 0 Å². The number of hydrogen-bond acceptors (Lipinski definition) is 2.